The Kier molecular flexibility index (Phi) is 4.24. The van der Waals surface area contributed by atoms with E-state index in [-0.39, 0.29) is 11.9 Å². The number of likely N-dealkylation sites (tertiary alicyclic amines) is 1. The molecule has 0 radical (unpaired) electrons. The molecule has 3 aromatic rings. The number of fused-ring (bicyclic) bond motifs is 1. The van der Waals surface area contributed by atoms with Crippen LogP contribution in [0.3, 0.4) is 0 Å². The SMILES string of the molecule is COC(=O)[C@H]1CCCN1C(=O)c1cc2c(C)nn(-c3ccccc3)c2s1. The van der Waals surface area contributed by atoms with Crippen molar-refractivity contribution in [1.29, 1.82) is 0 Å². The monoisotopic (exact) mass is 369 g/mol. The lowest BCUT2D eigenvalue weighted by Gasteiger charge is -2.21. The summed E-state index contributed by atoms with van der Waals surface area (Å²) in [5.74, 6) is -0.457. The van der Waals surface area contributed by atoms with Gasteiger partial charge in [-0.1, -0.05) is 18.2 Å². The lowest BCUT2D eigenvalue weighted by Crippen LogP contribution is -2.40. The van der Waals surface area contributed by atoms with Gasteiger partial charge < -0.3 is 9.64 Å². The first-order valence-electron chi connectivity index (χ1n) is 8.53. The van der Waals surface area contributed by atoms with Gasteiger partial charge in [-0.2, -0.15) is 5.10 Å². The number of esters is 1. The molecule has 0 spiro atoms. The fourth-order valence-corrected chi connectivity index (χ4v) is 4.57. The molecule has 0 bridgehead atoms. The number of carbonyl (C=O) groups is 2. The molecule has 134 valence electrons. The van der Waals surface area contributed by atoms with E-state index >= 15 is 0 Å². The third-order valence-corrected chi connectivity index (χ3v) is 5.84. The number of hydrogen-bond acceptors (Lipinski definition) is 5. The summed E-state index contributed by atoms with van der Waals surface area (Å²) in [7, 11) is 1.36. The first kappa shape index (κ1) is 16.8. The van der Waals surface area contributed by atoms with E-state index in [0.717, 1.165) is 28.0 Å². The van der Waals surface area contributed by atoms with Crippen molar-refractivity contribution in [2.75, 3.05) is 13.7 Å². The number of thiophene rings is 1. The second-order valence-corrected chi connectivity index (χ2v) is 7.37. The topological polar surface area (TPSA) is 64.4 Å². The van der Waals surface area contributed by atoms with Crippen molar-refractivity contribution in [2.45, 2.75) is 25.8 Å². The second-order valence-electron chi connectivity index (χ2n) is 6.34. The Morgan fingerprint density at radius 2 is 2.04 bits per heavy atom. The normalized spacial score (nSPS) is 17.0. The van der Waals surface area contributed by atoms with E-state index in [9.17, 15) is 9.59 Å². The molecule has 0 unspecified atom stereocenters. The number of para-hydroxylation sites is 1. The average molecular weight is 369 g/mol. The van der Waals surface area contributed by atoms with Crippen LogP contribution in [-0.2, 0) is 9.53 Å². The highest BCUT2D eigenvalue weighted by Crippen LogP contribution is 2.32. The first-order valence-corrected chi connectivity index (χ1v) is 9.35. The maximum Gasteiger partial charge on any atom is 0.328 e. The van der Waals surface area contributed by atoms with E-state index in [0.29, 0.717) is 17.8 Å². The van der Waals surface area contributed by atoms with Gasteiger partial charge in [-0.05, 0) is 38.0 Å². The van der Waals surface area contributed by atoms with Crippen LogP contribution in [0.15, 0.2) is 36.4 Å². The molecule has 1 saturated heterocycles. The van der Waals surface area contributed by atoms with Crippen molar-refractivity contribution < 1.29 is 14.3 Å². The van der Waals surface area contributed by atoms with Crippen LogP contribution in [0.25, 0.3) is 15.9 Å². The standard InChI is InChI=1S/C19H19N3O3S/c1-12-14-11-16(17(23)21-10-6-9-15(21)19(24)25-2)26-18(14)22(20-12)13-7-4-3-5-8-13/h3-5,7-8,11,15H,6,9-10H2,1-2H3/t15-/m1/s1. The lowest BCUT2D eigenvalue weighted by atomic mass is 10.2. The van der Waals surface area contributed by atoms with Crippen LogP contribution in [-0.4, -0.2) is 46.3 Å². The molecular formula is C19H19N3O3S. The zero-order valence-electron chi connectivity index (χ0n) is 14.6. The van der Waals surface area contributed by atoms with Gasteiger partial charge >= 0.3 is 5.97 Å². The molecule has 6 nitrogen and oxygen atoms in total. The number of aromatic nitrogens is 2. The van der Waals surface area contributed by atoms with Crippen molar-refractivity contribution >= 4 is 33.4 Å². The molecule has 3 heterocycles. The number of rotatable bonds is 3. The Balaban J connectivity index is 1.72. The first-order chi connectivity index (χ1) is 12.6. The van der Waals surface area contributed by atoms with Gasteiger partial charge in [-0.3, -0.25) is 4.79 Å². The number of nitrogens with zero attached hydrogens (tertiary/aromatic N) is 3. The number of benzene rings is 1. The Labute approximate surface area is 155 Å². The maximum atomic E-state index is 13.0. The van der Waals surface area contributed by atoms with Crippen LogP contribution < -0.4 is 0 Å². The summed E-state index contributed by atoms with van der Waals surface area (Å²) in [5.41, 5.74) is 1.84. The summed E-state index contributed by atoms with van der Waals surface area (Å²) in [6.07, 6.45) is 1.47. The van der Waals surface area contributed by atoms with E-state index in [2.05, 4.69) is 5.10 Å². The molecule has 26 heavy (non-hydrogen) atoms. The maximum absolute atomic E-state index is 13.0. The smallest absolute Gasteiger partial charge is 0.328 e. The van der Waals surface area contributed by atoms with Gasteiger partial charge in [-0.15, -0.1) is 11.3 Å². The minimum Gasteiger partial charge on any atom is -0.467 e. The van der Waals surface area contributed by atoms with Gasteiger partial charge in [0.15, 0.2) is 0 Å². The van der Waals surface area contributed by atoms with E-state index < -0.39 is 6.04 Å². The van der Waals surface area contributed by atoms with Crippen LogP contribution >= 0.6 is 11.3 Å². The zero-order valence-corrected chi connectivity index (χ0v) is 15.5. The number of methoxy groups -OCH3 is 1. The van der Waals surface area contributed by atoms with Gasteiger partial charge in [0.2, 0.25) is 0 Å². The summed E-state index contributed by atoms with van der Waals surface area (Å²) >= 11 is 1.41. The number of aryl methyl sites for hydroxylation is 1. The van der Waals surface area contributed by atoms with Crippen LogP contribution in [0.5, 0.6) is 0 Å². The molecule has 0 saturated carbocycles. The molecule has 7 heteroatoms. The fourth-order valence-electron chi connectivity index (χ4n) is 3.43. The molecule has 4 rings (SSSR count). The third kappa shape index (κ3) is 2.68. The minimum atomic E-state index is -0.482. The molecule has 0 N–H and O–H groups in total. The second kappa shape index (κ2) is 6.57. The van der Waals surface area contributed by atoms with Crippen molar-refractivity contribution in [2.24, 2.45) is 0 Å². The van der Waals surface area contributed by atoms with Crippen molar-refractivity contribution in [3.05, 3.63) is 47.0 Å². The molecule has 1 aliphatic rings. The number of ether oxygens (including phenoxy) is 1. The Bertz CT molecular complexity index is 977. The Morgan fingerprint density at radius 1 is 1.27 bits per heavy atom. The van der Waals surface area contributed by atoms with Crippen LogP contribution in [0.1, 0.15) is 28.2 Å². The van der Waals surface area contributed by atoms with Crippen LogP contribution in [0.4, 0.5) is 0 Å². The number of hydrogen-bond donors (Lipinski definition) is 0. The fraction of sp³-hybridized carbons (Fsp3) is 0.316. The quantitative estimate of drug-likeness (QED) is 0.665. The largest absolute Gasteiger partial charge is 0.467 e. The van der Waals surface area contributed by atoms with E-state index in [4.69, 9.17) is 4.74 Å². The molecule has 1 aromatic carbocycles. The zero-order chi connectivity index (χ0) is 18.3. The van der Waals surface area contributed by atoms with Crippen LogP contribution in [0.2, 0.25) is 0 Å². The molecule has 0 aliphatic carbocycles. The molecule has 1 amide bonds. The molecule has 1 fully saturated rings. The van der Waals surface area contributed by atoms with E-state index in [1.807, 2.05) is 48.0 Å². The molecule has 2 aromatic heterocycles. The number of amides is 1. The predicted molar refractivity (Wildman–Crippen MR) is 99.8 cm³/mol. The predicted octanol–water partition coefficient (Wildman–Crippen LogP) is 3.17. The highest BCUT2D eigenvalue weighted by Gasteiger charge is 2.36. The summed E-state index contributed by atoms with van der Waals surface area (Å²) < 4.78 is 6.72. The highest BCUT2D eigenvalue weighted by atomic mass is 32.1. The molecule has 1 aliphatic heterocycles. The van der Waals surface area contributed by atoms with Crippen molar-refractivity contribution in [1.82, 2.24) is 14.7 Å². The van der Waals surface area contributed by atoms with Gasteiger partial charge in [0.05, 0.1) is 23.4 Å². The third-order valence-electron chi connectivity index (χ3n) is 4.74. The minimum absolute atomic E-state index is 0.113. The van der Waals surface area contributed by atoms with Gasteiger partial charge in [0.1, 0.15) is 10.9 Å². The summed E-state index contributed by atoms with van der Waals surface area (Å²) in [6, 6.07) is 11.3. The van der Waals surface area contributed by atoms with Crippen molar-refractivity contribution in [3.8, 4) is 5.69 Å². The highest BCUT2D eigenvalue weighted by molar-refractivity contribution is 7.20. The summed E-state index contributed by atoms with van der Waals surface area (Å²) in [4.78, 5) is 28.1. The Morgan fingerprint density at radius 3 is 2.77 bits per heavy atom. The van der Waals surface area contributed by atoms with Gasteiger partial charge in [0.25, 0.3) is 5.91 Å². The molecule has 1 atom stereocenters. The number of carbonyl (C=O) groups excluding carboxylic acids is 2. The van der Waals surface area contributed by atoms with E-state index in [1.54, 1.807) is 4.90 Å². The van der Waals surface area contributed by atoms with Crippen LogP contribution in [0, 0.1) is 6.92 Å². The van der Waals surface area contributed by atoms with Gasteiger partial charge in [0, 0.05) is 11.9 Å². The summed E-state index contributed by atoms with van der Waals surface area (Å²) in [6.45, 7) is 2.52. The average Bonchev–Trinajstić information content (AvgIpc) is 3.38. The summed E-state index contributed by atoms with van der Waals surface area (Å²) in [5, 5.41) is 5.57. The van der Waals surface area contributed by atoms with Gasteiger partial charge in [-0.25, -0.2) is 9.48 Å². The van der Waals surface area contributed by atoms with Crippen molar-refractivity contribution in [3.63, 3.8) is 0 Å². The van der Waals surface area contributed by atoms with E-state index in [1.165, 1.54) is 18.4 Å². The Hall–Kier alpha value is -2.67. The lowest BCUT2D eigenvalue weighted by molar-refractivity contribution is -0.145. The molecular weight excluding hydrogens is 350 g/mol.